The average molecular weight is 348 g/mol. The normalized spacial score (nSPS) is 15.7. The summed E-state index contributed by atoms with van der Waals surface area (Å²) in [6.07, 6.45) is 4.94. The molecular formula is C21H24N4O. The maximum Gasteiger partial charge on any atom is 0.178 e. The van der Waals surface area contributed by atoms with Gasteiger partial charge in [0.15, 0.2) is 5.84 Å². The van der Waals surface area contributed by atoms with Crippen LogP contribution < -0.4 is 10.6 Å². The van der Waals surface area contributed by atoms with Gasteiger partial charge >= 0.3 is 0 Å². The molecule has 2 aromatic rings. The highest BCUT2D eigenvalue weighted by molar-refractivity contribution is 6.00. The van der Waals surface area contributed by atoms with E-state index in [-0.39, 0.29) is 5.60 Å². The van der Waals surface area contributed by atoms with Gasteiger partial charge in [0.25, 0.3) is 0 Å². The van der Waals surface area contributed by atoms with Crippen molar-refractivity contribution >= 4 is 11.9 Å². The van der Waals surface area contributed by atoms with Crippen molar-refractivity contribution in [2.24, 2.45) is 21.2 Å². The molecular weight excluding hydrogens is 324 g/mol. The summed E-state index contributed by atoms with van der Waals surface area (Å²) in [6.45, 7) is 6.77. The zero-order valence-corrected chi connectivity index (χ0v) is 15.4. The molecule has 1 heterocycles. The lowest BCUT2D eigenvalue weighted by molar-refractivity contribution is 0.159. The van der Waals surface area contributed by atoms with Crippen molar-refractivity contribution in [1.82, 2.24) is 0 Å². The molecule has 134 valence electrons. The topological polar surface area (TPSA) is 72.3 Å². The van der Waals surface area contributed by atoms with Crippen LogP contribution in [0.1, 0.15) is 36.1 Å². The SMILES string of the molecule is Cc1cccc(CCN=C(N=NN)c2ccc3c(c2)C=CC(C)(C)O3)c1. The lowest BCUT2D eigenvalue weighted by Crippen LogP contribution is -2.27. The number of aryl methyl sites for hydroxylation is 1. The van der Waals surface area contributed by atoms with Gasteiger partial charge in [0.05, 0.1) is 0 Å². The Balaban J connectivity index is 1.79. The fourth-order valence-electron chi connectivity index (χ4n) is 2.91. The third kappa shape index (κ3) is 4.36. The summed E-state index contributed by atoms with van der Waals surface area (Å²) < 4.78 is 5.96. The molecule has 3 rings (SSSR count). The van der Waals surface area contributed by atoms with Crippen molar-refractivity contribution in [2.75, 3.05) is 6.54 Å². The maximum absolute atomic E-state index is 5.96. The second kappa shape index (κ2) is 7.52. The third-order valence-corrected chi connectivity index (χ3v) is 4.20. The van der Waals surface area contributed by atoms with Crippen molar-refractivity contribution < 1.29 is 4.74 Å². The number of nitrogens with two attached hydrogens (primary N) is 1. The van der Waals surface area contributed by atoms with Crippen LogP contribution in [-0.4, -0.2) is 18.0 Å². The minimum atomic E-state index is -0.295. The lowest BCUT2D eigenvalue weighted by Gasteiger charge is -2.27. The van der Waals surface area contributed by atoms with E-state index in [1.807, 2.05) is 38.1 Å². The number of hydrogen-bond acceptors (Lipinski definition) is 3. The monoisotopic (exact) mass is 348 g/mol. The summed E-state index contributed by atoms with van der Waals surface area (Å²) in [4.78, 5) is 4.60. The van der Waals surface area contributed by atoms with Crippen molar-refractivity contribution in [1.29, 1.82) is 0 Å². The fourth-order valence-corrected chi connectivity index (χ4v) is 2.91. The van der Waals surface area contributed by atoms with E-state index in [4.69, 9.17) is 10.6 Å². The largest absolute Gasteiger partial charge is 0.483 e. The van der Waals surface area contributed by atoms with Crippen LogP contribution in [0.25, 0.3) is 6.08 Å². The molecule has 2 N–H and O–H groups in total. The predicted octanol–water partition coefficient (Wildman–Crippen LogP) is 4.49. The Bertz CT molecular complexity index is 881. The molecule has 0 unspecified atom stereocenters. The van der Waals surface area contributed by atoms with Crippen LogP contribution in [0.15, 0.2) is 63.9 Å². The van der Waals surface area contributed by atoms with Crippen molar-refractivity contribution in [3.8, 4) is 5.75 Å². The minimum absolute atomic E-state index is 0.295. The predicted molar refractivity (Wildman–Crippen MR) is 106 cm³/mol. The highest BCUT2D eigenvalue weighted by atomic mass is 16.5. The van der Waals surface area contributed by atoms with E-state index in [9.17, 15) is 0 Å². The van der Waals surface area contributed by atoms with E-state index in [2.05, 4.69) is 52.6 Å². The number of hydrogen-bond donors (Lipinski definition) is 1. The highest BCUT2D eigenvalue weighted by Gasteiger charge is 2.22. The third-order valence-electron chi connectivity index (χ3n) is 4.20. The molecule has 0 bridgehead atoms. The van der Waals surface area contributed by atoms with Crippen molar-refractivity contribution in [2.45, 2.75) is 32.8 Å². The summed E-state index contributed by atoms with van der Waals surface area (Å²) in [7, 11) is 0. The molecule has 0 aliphatic carbocycles. The van der Waals surface area contributed by atoms with Crippen LogP contribution in [0, 0.1) is 6.92 Å². The summed E-state index contributed by atoms with van der Waals surface area (Å²) in [5.74, 6) is 6.66. The Morgan fingerprint density at radius 1 is 1.15 bits per heavy atom. The zero-order valence-electron chi connectivity index (χ0n) is 15.4. The zero-order chi connectivity index (χ0) is 18.6. The molecule has 26 heavy (non-hydrogen) atoms. The Labute approximate surface area is 154 Å². The molecule has 0 atom stereocenters. The Hall–Kier alpha value is -2.95. The van der Waals surface area contributed by atoms with Gasteiger partial charge in [-0.05, 0) is 57.0 Å². The molecule has 1 aliphatic heterocycles. The van der Waals surface area contributed by atoms with Gasteiger partial charge in [-0.3, -0.25) is 4.99 Å². The summed E-state index contributed by atoms with van der Waals surface area (Å²) in [6, 6.07) is 14.3. The maximum atomic E-state index is 5.96. The van der Waals surface area contributed by atoms with Gasteiger partial charge in [-0.25, -0.2) is 0 Å². The van der Waals surface area contributed by atoms with Gasteiger partial charge in [-0.1, -0.05) is 41.1 Å². The number of amidine groups is 1. The Morgan fingerprint density at radius 3 is 2.77 bits per heavy atom. The number of ether oxygens (including phenoxy) is 1. The van der Waals surface area contributed by atoms with Gasteiger partial charge in [-0.2, -0.15) is 0 Å². The molecule has 0 radical (unpaired) electrons. The number of fused-ring (bicyclic) bond motifs is 1. The molecule has 0 aromatic heterocycles. The van der Waals surface area contributed by atoms with Crippen LogP contribution in [0.4, 0.5) is 0 Å². The van der Waals surface area contributed by atoms with Gasteiger partial charge in [0.1, 0.15) is 11.4 Å². The molecule has 5 heteroatoms. The first-order chi connectivity index (χ1) is 12.5. The first-order valence-electron chi connectivity index (χ1n) is 8.70. The van der Waals surface area contributed by atoms with E-state index >= 15 is 0 Å². The molecule has 0 saturated carbocycles. The van der Waals surface area contributed by atoms with Crippen LogP contribution in [0.3, 0.4) is 0 Å². The second-order valence-electron chi connectivity index (χ2n) is 6.95. The van der Waals surface area contributed by atoms with E-state index in [0.717, 1.165) is 23.3 Å². The molecule has 5 nitrogen and oxygen atoms in total. The quantitative estimate of drug-likeness (QED) is 0.291. The van der Waals surface area contributed by atoms with Crippen LogP contribution in [0.2, 0.25) is 0 Å². The van der Waals surface area contributed by atoms with Crippen LogP contribution in [-0.2, 0) is 6.42 Å². The van der Waals surface area contributed by atoms with Gasteiger partial charge < -0.3 is 10.6 Å². The smallest absolute Gasteiger partial charge is 0.178 e. The number of rotatable bonds is 4. The van der Waals surface area contributed by atoms with Gasteiger partial charge in [0.2, 0.25) is 0 Å². The lowest BCUT2D eigenvalue weighted by atomic mass is 10.0. The molecule has 0 spiro atoms. The van der Waals surface area contributed by atoms with E-state index in [1.54, 1.807) is 0 Å². The molecule has 0 saturated heterocycles. The van der Waals surface area contributed by atoms with E-state index in [0.29, 0.717) is 12.4 Å². The summed E-state index contributed by atoms with van der Waals surface area (Å²) in [5.41, 5.74) is 4.08. The Kier molecular flexibility index (Phi) is 5.16. The number of benzene rings is 2. The number of aliphatic imine (C=N–C) groups is 1. The molecule has 0 amide bonds. The Morgan fingerprint density at radius 2 is 2.00 bits per heavy atom. The second-order valence-corrected chi connectivity index (χ2v) is 6.95. The van der Waals surface area contributed by atoms with E-state index in [1.165, 1.54) is 11.1 Å². The minimum Gasteiger partial charge on any atom is -0.483 e. The van der Waals surface area contributed by atoms with Crippen molar-refractivity contribution in [3.05, 3.63) is 70.8 Å². The first kappa shape index (κ1) is 17.9. The first-order valence-corrected chi connectivity index (χ1v) is 8.70. The standard InChI is InChI=1S/C21H24N4O/c1-15-5-4-6-16(13-15)10-12-23-20(24-25-22)18-7-8-19-17(14-18)9-11-21(2,3)26-19/h4-9,11,13-14H,10,12H2,1-3H3,(H2,22,23,24). The molecule has 1 aliphatic rings. The van der Waals surface area contributed by atoms with Crippen molar-refractivity contribution in [3.63, 3.8) is 0 Å². The van der Waals surface area contributed by atoms with Crippen LogP contribution in [0.5, 0.6) is 5.75 Å². The summed E-state index contributed by atoms with van der Waals surface area (Å²) >= 11 is 0. The highest BCUT2D eigenvalue weighted by Crippen LogP contribution is 2.31. The van der Waals surface area contributed by atoms with Gasteiger partial charge in [0, 0.05) is 17.7 Å². The molecule has 2 aromatic carbocycles. The summed E-state index contributed by atoms with van der Waals surface area (Å²) in [5, 5.41) is 7.44. The number of nitrogens with zero attached hydrogens (tertiary/aromatic N) is 3. The molecule has 0 fully saturated rings. The fraction of sp³-hybridized carbons (Fsp3) is 0.286. The van der Waals surface area contributed by atoms with Gasteiger partial charge in [-0.15, -0.1) is 5.11 Å². The van der Waals surface area contributed by atoms with Crippen LogP contribution >= 0.6 is 0 Å². The average Bonchev–Trinajstić information content (AvgIpc) is 2.60. The van der Waals surface area contributed by atoms with E-state index < -0.39 is 0 Å².